The smallest absolute Gasteiger partial charge is 0.345 e. The molecular formula is C24H23N3O4. The van der Waals surface area contributed by atoms with Crippen molar-refractivity contribution in [2.45, 2.75) is 26.4 Å². The van der Waals surface area contributed by atoms with Crippen LogP contribution in [0.25, 0.3) is 0 Å². The number of carbonyl (C=O) groups is 1. The normalized spacial score (nSPS) is 14.0. The summed E-state index contributed by atoms with van der Waals surface area (Å²) in [6, 6.07) is 14.2. The van der Waals surface area contributed by atoms with E-state index in [4.69, 9.17) is 14.2 Å². The predicted octanol–water partition coefficient (Wildman–Crippen LogP) is 3.86. The molecule has 1 aromatic heterocycles. The van der Waals surface area contributed by atoms with Crippen molar-refractivity contribution in [3.63, 3.8) is 0 Å². The number of hydrogen-bond donors (Lipinski definition) is 0. The van der Waals surface area contributed by atoms with Gasteiger partial charge in [0.25, 0.3) is 0 Å². The second-order valence-electron chi connectivity index (χ2n) is 7.47. The third-order valence-corrected chi connectivity index (χ3v) is 5.49. The van der Waals surface area contributed by atoms with Gasteiger partial charge in [0.15, 0.2) is 0 Å². The van der Waals surface area contributed by atoms with Gasteiger partial charge in [-0.1, -0.05) is 24.3 Å². The number of nitrogens with zero attached hydrogens (tertiary/aromatic N) is 3. The molecule has 2 aliphatic heterocycles. The molecule has 0 saturated heterocycles. The zero-order chi connectivity index (χ0) is 21.2. The Bertz CT molecular complexity index is 1130. The molecule has 3 aromatic rings. The van der Waals surface area contributed by atoms with Crippen molar-refractivity contribution in [3.8, 4) is 11.6 Å². The van der Waals surface area contributed by atoms with Crippen LogP contribution >= 0.6 is 0 Å². The van der Waals surface area contributed by atoms with E-state index in [-0.39, 0.29) is 24.7 Å². The number of aromatic nitrogens is 2. The zero-order valence-corrected chi connectivity index (χ0v) is 17.3. The summed E-state index contributed by atoms with van der Waals surface area (Å²) in [5.74, 6) is 1.17. The van der Waals surface area contributed by atoms with E-state index in [0.717, 1.165) is 36.4 Å². The van der Waals surface area contributed by atoms with Crippen LogP contribution in [0.3, 0.4) is 0 Å². The van der Waals surface area contributed by atoms with E-state index >= 15 is 0 Å². The molecule has 2 aromatic carbocycles. The van der Waals surface area contributed by atoms with Crippen LogP contribution in [0.5, 0.6) is 11.6 Å². The molecule has 0 unspecified atom stereocenters. The van der Waals surface area contributed by atoms with Crippen LogP contribution in [0, 0.1) is 0 Å². The van der Waals surface area contributed by atoms with E-state index in [0.29, 0.717) is 12.6 Å². The van der Waals surface area contributed by atoms with Gasteiger partial charge in [0.2, 0.25) is 11.8 Å². The Morgan fingerprint density at radius 1 is 1.16 bits per heavy atom. The molecule has 2 aliphatic rings. The SMILES string of the molecule is CCOC(=O)c1cnc(N2CCc3ccccc32)nc1OCc1ccc2c(c1)CCO2. The third-order valence-electron chi connectivity index (χ3n) is 5.49. The molecular weight excluding hydrogens is 394 g/mol. The molecule has 158 valence electrons. The minimum absolute atomic E-state index is 0.225. The molecule has 7 heteroatoms. The molecule has 0 fully saturated rings. The summed E-state index contributed by atoms with van der Waals surface area (Å²) < 4.78 is 16.8. The van der Waals surface area contributed by atoms with Gasteiger partial charge < -0.3 is 19.1 Å². The first-order valence-electron chi connectivity index (χ1n) is 10.5. The number of rotatable bonds is 6. The van der Waals surface area contributed by atoms with Crippen LogP contribution in [-0.4, -0.2) is 35.7 Å². The number of benzene rings is 2. The minimum atomic E-state index is -0.492. The lowest BCUT2D eigenvalue weighted by Crippen LogP contribution is -2.18. The van der Waals surface area contributed by atoms with Crippen molar-refractivity contribution in [2.75, 3.05) is 24.7 Å². The highest BCUT2D eigenvalue weighted by Gasteiger charge is 2.25. The Labute approximate surface area is 180 Å². The molecule has 0 saturated carbocycles. The largest absolute Gasteiger partial charge is 0.493 e. The molecule has 5 rings (SSSR count). The van der Waals surface area contributed by atoms with Crippen molar-refractivity contribution >= 4 is 17.6 Å². The number of anilines is 2. The van der Waals surface area contributed by atoms with E-state index in [1.165, 1.54) is 17.3 Å². The quantitative estimate of drug-likeness (QED) is 0.564. The van der Waals surface area contributed by atoms with Gasteiger partial charge in [-0.05, 0) is 48.2 Å². The van der Waals surface area contributed by atoms with Crippen molar-refractivity contribution in [1.29, 1.82) is 0 Å². The summed E-state index contributed by atoms with van der Waals surface area (Å²) >= 11 is 0. The van der Waals surface area contributed by atoms with Crippen LogP contribution in [0.4, 0.5) is 11.6 Å². The summed E-state index contributed by atoms with van der Waals surface area (Å²) in [5, 5.41) is 0. The Morgan fingerprint density at radius 2 is 2.06 bits per heavy atom. The first kappa shape index (κ1) is 19.4. The van der Waals surface area contributed by atoms with E-state index in [9.17, 15) is 4.79 Å². The van der Waals surface area contributed by atoms with E-state index in [2.05, 4.69) is 28.2 Å². The van der Waals surface area contributed by atoms with Gasteiger partial charge in [-0.25, -0.2) is 9.78 Å². The fraction of sp³-hybridized carbons (Fsp3) is 0.292. The second-order valence-corrected chi connectivity index (χ2v) is 7.47. The van der Waals surface area contributed by atoms with E-state index in [1.807, 2.05) is 29.2 Å². The highest BCUT2D eigenvalue weighted by atomic mass is 16.5. The maximum absolute atomic E-state index is 12.4. The Kier molecular flexibility index (Phi) is 5.16. The molecule has 0 amide bonds. The number of carbonyl (C=O) groups excluding carboxylic acids is 1. The first-order chi connectivity index (χ1) is 15.2. The maximum Gasteiger partial charge on any atom is 0.345 e. The molecule has 0 radical (unpaired) electrons. The van der Waals surface area contributed by atoms with Crippen LogP contribution in [0.2, 0.25) is 0 Å². The van der Waals surface area contributed by atoms with Crippen LogP contribution < -0.4 is 14.4 Å². The number of fused-ring (bicyclic) bond motifs is 2. The van der Waals surface area contributed by atoms with E-state index < -0.39 is 5.97 Å². The maximum atomic E-state index is 12.4. The highest BCUT2D eigenvalue weighted by molar-refractivity contribution is 5.91. The fourth-order valence-electron chi connectivity index (χ4n) is 3.97. The zero-order valence-electron chi connectivity index (χ0n) is 17.3. The monoisotopic (exact) mass is 417 g/mol. The fourth-order valence-corrected chi connectivity index (χ4v) is 3.97. The van der Waals surface area contributed by atoms with Crippen molar-refractivity contribution in [3.05, 3.63) is 70.9 Å². The predicted molar refractivity (Wildman–Crippen MR) is 115 cm³/mol. The third kappa shape index (κ3) is 3.79. The number of ether oxygens (including phenoxy) is 3. The van der Waals surface area contributed by atoms with Crippen LogP contribution in [-0.2, 0) is 24.2 Å². The average Bonchev–Trinajstić information content (AvgIpc) is 3.44. The van der Waals surface area contributed by atoms with Crippen molar-refractivity contribution in [2.24, 2.45) is 0 Å². The van der Waals surface area contributed by atoms with E-state index in [1.54, 1.807) is 6.92 Å². The van der Waals surface area contributed by atoms with Gasteiger partial charge in [-0.3, -0.25) is 0 Å². The lowest BCUT2D eigenvalue weighted by molar-refractivity contribution is 0.0519. The highest BCUT2D eigenvalue weighted by Crippen LogP contribution is 2.34. The van der Waals surface area contributed by atoms with Crippen molar-refractivity contribution in [1.82, 2.24) is 9.97 Å². The standard InChI is InChI=1S/C24H23N3O4/c1-2-29-23(28)19-14-25-24(27-11-9-17-5-3-4-6-20(17)27)26-22(19)31-15-16-7-8-21-18(13-16)10-12-30-21/h3-8,13-14H,2,9-12,15H2,1H3. The summed E-state index contributed by atoms with van der Waals surface area (Å²) in [5.41, 5.74) is 4.72. The number of esters is 1. The number of hydrogen-bond acceptors (Lipinski definition) is 7. The average molecular weight is 417 g/mol. The Morgan fingerprint density at radius 3 is 2.97 bits per heavy atom. The number of para-hydroxylation sites is 1. The van der Waals surface area contributed by atoms with Gasteiger partial charge in [0.1, 0.15) is 17.9 Å². The lowest BCUT2D eigenvalue weighted by atomic mass is 10.1. The topological polar surface area (TPSA) is 73.8 Å². The second kappa shape index (κ2) is 8.26. The van der Waals surface area contributed by atoms with Gasteiger partial charge in [0.05, 0.1) is 19.4 Å². The van der Waals surface area contributed by atoms with Gasteiger partial charge in [-0.2, -0.15) is 4.98 Å². The van der Waals surface area contributed by atoms with Crippen LogP contribution in [0.15, 0.2) is 48.7 Å². The summed E-state index contributed by atoms with van der Waals surface area (Å²) in [7, 11) is 0. The van der Waals surface area contributed by atoms with Crippen LogP contribution in [0.1, 0.15) is 34.0 Å². The molecule has 7 nitrogen and oxygen atoms in total. The molecule has 0 spiro atoms. The molecule has 3 heterocycles. The summed E-state index contributed by atoms with van der Waals surface area (Å²) in [6.07, 6.45) is 3.31. The Balaban J connectivity index is 1.43. The van der Waals surface area contributed by atoms with Gasteiger partial charge in [-0.15, -0.1) is 0 Å². The molecule has 0 atom stereocenters. The van der Waals surface area contributed by atoms with Gasteiger partial charge >= 0.3 is 5.97 Å². The van der Waals surface area contributed by atoms with Crippen molar-refractivity contribution < 1.29 is 19.0 Å². The minimum Gasteiger partial charge on any atom is -0.493 e. The molecule has 0 bridgehead atoms. The molecule has 31 heavy (non-hydrogen) atoms. The molecule has 0 aliphatic carbocycles. The molecule has 0 N–H and O–H groups in total. The summed E-state index contributed by atoms with van der Waals surface area (Å²) in [6.45, 7) is 3.81. The summed E-state index contributed by atoms with van der Waals surface area (Å²) in [4.78, 5) is 23.5. The lowest BCUT2D eigenvalue weighted by Gasteiger charge is -2.19. The van der Waals surface area contributed by atoms with Gasteiger partial charge in [0, 0.05) is 18.7 Å². The first-order valence-corrected chi connectivity index (χ1v) is 10.5. The Hall–Kier alpha value is -3.61.